The lowest BCUT2D eigenvalue weighted by Gasteiger charge is -2.09. The van der Waals surface area contributed by atoms with Crippen LogP contribution < -0.4 is 4.74 Å². The number of carbonyl (C=O) groups is 1. The van der Waals surface area contributed by atoms with Gasteiger partial charge < -0.3 is 18.9 Å². The molecule has 0 radical (unpaired) electrons. The molecule has 0 aromatic heterocycles. The van der Waals surface area contributed by atoms with Crippen LogP contribution in [0.25, 0.3) is 0 Å². The number of hydrogen-bond donors (Lipinski definition) is 0. The predicted octanol–water partition coefficient (Wildman–Crippen LogP) is 1.90. The van der Waals surface area contributed by atoms with Gasteiger partial charge in [-0.05, 0) is 108 Å². The lowest BCUT2D eigenvalue weighted by atomic mass is 10.3. The summed E-state index contributed by atoms with van der Waals surface area (Å²) in [6.45, 7) is 1.70. The highest BCUT2D eigenvalue weighted by molar-refractivity contribution is 5.64. The minimum absolute atomic E-state index is 0.104. The number of hydrogen-bond acceptors (Lipinski definition) is 7. The molecule has 1 aliphatic heterocycles. The summed E-state index contributed by atoms with van der Waals surface area (Å²) < 4.78 is 20.6. The van der Waals surface area contributed by atoms with Crippen LogP contribution >= 0.6 is 0 Å². The van der Waals surface area contributed by atoms with Crippen LogP contribution in [-0.4, -0.2) is 36.7 Å². The quantitative estimate of drug-likeness (QED) is 0.216. The van der Waals surface area contributed by atoms with Crippen LogP contribution in [0.3, 0.4) is 0 Å². The predicted molar refractivity (Wildman–Crippen MR) is 128 cm³/mol. The molecule has 1 heterocycles. The molecule has 0 spiro atoms. The zero-order valence-corrected chi connectivity index (χ0v) is 18.7. The summed E-state index contributed by atoms with van der Waals surface area (Å²) in [5, 5.41) is 10.6. The van der Waals surface area contributed by atoms with Crippen molar-refractivity contribution in [3.8, 4) is 100 Å². The number of rotatable bonds is 4. The molecule has 0 N–H and O–H groups in total. The number of carbonyl (C=O) groups excluding carboxylic acids is 1. The fourth-order valence-corrected chi connectivity index (χ4v) is 2.07. The van der Waals surface area contributed by atoms with E-state index < -0.39 is 23.5 Å². The summed E-state index contributed by atoms with van der Waals surface area (Å²) in [6, 6.07) is 4.98. The normalized spacial score (nSPS) is 13.7. The molecule has 1 aliphatic rings. The number of nitrogens with zero attached hydrogens (tertiary/aromatic N) is 1. The third-order valence-electron chi connectivity index (χ3n) is 3.51. The van der Waals surface area contributed by atoms with Gasteiger partial charge >= 0.3 is 6.16 Å². The van der Waals surface area contributed by atoms with E-state index in [1.165, 1.54) is 24.3 Å². The molecule has 8 nitrogen and oxygen atoms in total. The van der Waals surface area contributed by atoms with Crippen LogP contribution in [0.5, 0.6) is 5.75 Å². The summed E-state index contributed by atoms with van der Waals surface area (Å²) >= 11 is 0. The van der Waals surface area contributed by atoms with Gasteiger partial charge in [0.2, 0.25) is 6.29 Å². The highest BCUT2D eigenvalue weighted by atomic mass is 16.8. The van der Waals surface area contributed by atoms with Gasteiger partial charge in [0.25, 0.3) is 5.69 Å². The van der Waals surface area contributed by atoms with Gasteiger partial charge in [0.05, 0.1) is 11.5 Å². The Balaban J connectivity index is 1.69. The molecule has 1 saturated heterocycles. The Morgan fingerprint density at radius 2 is 1.44 bits per heavy atom. The summed E-state index contributed by atoms with van der Waals surface area (Å²) in [5.41, 5.74) is -0.127. The van der Waals surface area contributed by atoms with E-state index in [0.717, 1.165) is 0 Å². The van der Waals surface area contributed by atoms with Gasteiger partial charge in [-0.3, -0.25) is 10.1 Å². The molecule has 2 atom stereocenters. The first-order valence-corrected chi connectivity index (χ1v) is 9.87. The van der Waals surface area contributed by atoms with Crippen molar-refractivity contribution >= 4 is 11.8 Å². The second-order valence-corrected chi connectivity index (χ2v) is 5.98. The van der Waals surface area contributed by atoms with Crippen LogP contribution in [0, 0.1) is 105 Å². The van der Waals surface area contributed by atoms with Crippen LogP contribution in [0.15, 0.2) is 24.3 Å². The fraction of sp³-hybridized carbons (Fsp3) is 0.179. The molecule has 1 aromatic rings. The lowest BCUT2D eigenvalue weighted by molar-refractivity contribution is -0.384. The maximum atomic E-state index is 11.7. The summed E-state index contributed by atoms with van der Waals surface area (Å²) in [5.74, 6) is 40.4. The minimum Gasteiger partial charge on any atom is -0.431 e. The monoisotopic (exact) mass is 475 g/mol. The van der Waals surface area contributed by atoms with Gasteiger partial charge in [0.15, 0.2) is 0 Å². The topological polar surface area (TPSA) is 97.1 Å². The highest BCUT2D eigenvalue weighted by Gasteiger charge is 2.26. The molecular weight excluding hydrogens is 462 g/mol. The molecule has 0 saturated carbocycles. The van der Waals surface area contributed by atoms with Gasteiger partial charge in [-0.15, -0.1) is 0 Å². The number of ether oxygens (including phenoxy) is 4. The third-order valence-corrected chi connectivity index (χ3v) is 3.51. The Morgan fingerprint density at radius 1 is 0.917 bits per heavy atom. The Kier molecular flexibility index (Phi) is 11.8. The maximum Gasteiger partial charge on any atom is 0.513 e. The van der Waals surface area contributed by atoms with Crippen LogP contribution in [0.4, 0.5) is 10.5 Å². The molecule has 0 unspecified atom stereocenters. The molecule has 172 valence electrons. The van der Waals surface area contributed by atoms with Gasteiger partial charge in [0, 0.05) is 12.1 Å². The maximum absolute atomic E-state index is 11.7. The largest absolute Gasteiger partial charge is 0.513 e. The summed E-state index contributed by atoms with van der Waals surface area (Å²) in [6.07, 6.45) is -2.36. The SMILES string of the molecule is CC#CC#CC#CC#CC#CC#CC#CC#C[C@H]1OC[C@H](COC(=O)Oc2ccc([N+](=O)[O-])cc2)O1. The van der Waals surface area contributed by atoms with Gasteiger partial charge in [-0.2, -0.15) is 0 Å². The zero-order valence-electron chi connectivity index (χ0n) is 18.7. The van der Waals surface area contributed by atoms with Crippen molar-refractivity contribution in [1.29, 1.82) is 0 Å². The van der Waals surface area contributed by atoms with Crippen molar-refractivity contribution < 1.29 is 28.7 Å². The second-order valence-electron chi connectivity index (χ2n) is 5.98. The molecular formula is C28H13NO7. The first-order valence-electron chi connectivity index (χ1n) is 9.87. The van der Waals surface area contributed by atoms with Gasteiger partial charge in [-0.25, -0.2) is 4.79 Å². The fourth-order valence-electron chi connectivity index (χ4n) is 2.07. The van der Waals surface area contributed by atoms with Crippen molar-refractivity contribution in [2.24, 2.45) is 0 Å². The molecule has 0 amide bonds. The number of benzene rings is 1. The Morgan fingerprint density at radius 3 is 1.97 bits per heavy atom. The van der Waals surface area contributed by atoms with Gasteiger partial charge in [0.1, 0.15) is 18.5 Å². The van der Waals surface area contributed by atoms with Gasteiger partial charge in [-0.1, -0.05) is 5.92 Å². The number of nitro benzene ring substituents is 1. The van der Waals surface area contributed by atoms with E-state index in [1.54, 1.807) is 6.92 Å². The van der Waals surface area contributed by atoms with Crippen molar-refractivity contribution in [2.75, 3.05) is 13.2 Å². The smallest absolute Gasteiger partial charge is 0.431 e. The van der Waals surface area contributed by atoms with E-state index in [0.29, 0.717) is 0 Å². The summed E-state index contributed by atoms with van der Waals surface area (Å²) in [4.78, 5) is 21.8. The minimum atomic E-state index is -0.986. The standard InChI is InChI=1S/C28H13NO7/c1-2-3-4-5-6-7-8-9-10-11-12-13-14-15-16-17-27-33-22-26(35-27)23-34-28(30)36-25-20-18-24(19-21-25)29(31)32/h18-21,26-27H,22-23H2,1H3/t26-,27+/m1/s1. The van der Waals surface area contributed by atoms with E-state index in [-0.39, 0.29) is 24.7 Å². The molecule has 0 aliphatic carbocycles. The van der Waals surface area contributed by atoms with E-state index in [1.807, 2.05) is 0 Å². The third kappa shape index (κ3) is 11.2. The van der Waals surface area contributed by atoms with Crippen molar-refractivity contribution in [3.05, 3.63) is 34.4 Å². The van der Waals surface area contributed by atoms with Crippen molar-refractivity contribution in [3.63, 3.8) is 0 Å². The van der Waals surface area contributed by atoms with Crippen LogP contribution in [0.1, 0.15) is 6.92 Å². The molecule has 36 heavy (non-hydrogen) atoms. The Bertz CT molecular complexity index is 1500. The van der Waals surface area contributed by atoms with E-state index in [4.69, 9.17) is 18.9 Å². The number of non-ortho nitro benzene ring substituents is 1. The molecule has 2 rings (SSSR count). The highest BCUT2D eigenvalue weighted by Crippen LogP contribution is 2.18. The average Bonchev–Trinajstić information content (AvgIpc) is 3.33. The van der Waals surface area contributed by atoms with E-state index in [9.17, 15) is 14.9 Å². The van der Waals surface area contributed by atoms with Crippen LogP contribution in [-0.2, 0) is 14.2 Å². The second kappa shape index (κ2) is 16.0. The molecule has 1 aromatic carbocycles. The van der Waals surface area contributed by atoms with E-state index in [2.05, 4.69) is 94.7 Å². The summed E-state index contributed by atoms with van der Waals surface area (Å²) in [7, 11) is 0. The van der Waals surface area contributed by atoms with E-state index >= 15 is 0 Å². The zero-order chi connectivity index (χ0) is 25.8. The van der Waals surface area contributed by atoms with Crippen molar-refractivity contribution in [2.45, 2.75) is 19.3 Å². The Hall–Kier alpha value is -5.71. The average molecular weight is 475 g/mol. The Labute approximate surface area is 208 Å². The first kappa shape index (κ1) is 26.5. The number of nitro groups is 1. The molecule has 1 fully saturated rings. The lowest BCUT2D eigenvalue weighted by Crippen LogP contribution is -2.23. The molecule has 8 heteroatoms. The van der Waals surface area contributed by atoms with Crippen LogP contribution in [0.2, 0.25) is 0 Å². The molecule has 0 bridgehead atoms. The first-order chi connectivity index (χ1) is 17.6. The van der Waals surface area contributed by atoms with Crippen molar-refractivity contribution in [1.82, 2.24) is 0 Å².